The topological polar surface area (TPSA) is 65.0 Å². The molecular formula is C18H17BO5. The molecule has 1 aliphatic rings. The summed E-state index contributed by atoms with van der Waals surface area (Å²) >= 11 is 0. The quantitative estimate of drug-likeness (QED) is 0.516. The summed E-state index contributed by atoms with van der Waals surface area (Å²) in [7, 11) is 2.18. The monoisotopic (exact) mass is 324 g/mol. The van der Waals surface area contributed by atoms with Crippen LogP contribution in [0.25, 0.3) is 6.08 Å². The van der Waals surface area contributed by atoms with Crippen LogP contribution in [-0.2, 0) is 11.3 Å². The van der Waals surface area contributed by atoms with Crippen molar-refractivity contribution in [1.82, 2.24) is 0 Å². The second-order valence-electron chi connectivity index (χ2n) is 5.39. The maximum atomic E-state index is 12.3. The number of methoxy groups -OCH3 is 2. The molecule has 6 heteroatoms. The highest BCUT2D eigenvalue weighted by atomic mass is 16.5. The van der Waals surface area contributed by atoms with Gasteiger partial charge < -0.3 is 19.2 Å². The molecule has 0 radical (unpaired) electrons. The first-order chi connectivity index (χ1) is 11.6. The third kappa shape index (κ3) is 3.20. The standard InChI is InChI=1S/C18H17BO5/c1-22-17-8-6-13(10-18(17)23-2)16(20)7-4-12-3-5-14-11-24-19(21)15(14)9-12/h3-10,21H,11H2,1-2H3/b7-4+. The molecule has 0 spiro atoms. The molecular weight excluding hydrogens is 307 g/mol. The van der Waals surface area contributed by atoms with Crippen LogP contribution in [0.5, 0.6) is 11.5 Å². The van der Waals surface area contributed by atoms with E-state index in [-0.39, 0.29) is 5.78 Å². The van der Waals surface area contributed by atoms with Crippen molar-refractivity contribution in [2.75, 3.05) is 14.2 Å². The Morgan fingerprint density at radius 1 is 1.17 bits per heavy atom. The molecule has 24 heavy (non-hydrogen) atoms. The Hall–Kier alpha value is -2.57. The summed E-state index contributed by atoms with van der Waals surface area (Å²) in [6, 6.07) is 10.6. The Bertz CT molecular complexity index is 800. The zero-order valence-corrected chi connectivity index (χ0v) is 13.5. The zero-order chi connectivity index (χ0) is 17.1. The average Bonchev–Trinajstić information content (AvgIpc) is 2.99. The summed E-state index contributed by atoms with van der Waals surface area (Å²) in [5.74, 6) is 0.938. The molecule has 3 rings (SSSR count). The van der Waals surface area contributed by atoms with Gasteiger partial charge in [-0.05, 0) is 40.9 Å². The van der Waals surface area contributed by atoms with Crippen molar-refractivity contribution >= 4 is 24.4 Å². The lowest BCUT2D eigenvalue weighted by atomic mass is 9.79. The van der Waals surface area contributed by atoms with E-state index in [1.165, 1.54) is 13.2 Å². The smallest absolute Gasteiger partial charge is 0.491 e. The Kier molecular flexibility index (Phi) is 4.69. The highest BCUT2D eigenvalue weighted by Gasteiger charge is 2.26. The summed E-state index contributed by atoms with van der Waals surface area (Å²) in [6.45, 7) is 0.408. The van der Waals surface area contributed by atoms with Gasteiger partial charge in [-0.1, -0.05) is 24.3 Å². The Labute approximate surface area is 140 Å². The molecule has 1 aliphatic heterocycles. The summed E-state index contributed by atoms with van der Waals surface area (Å²) in [5.41, 5.74) is 3.04. The molecule has 0 aromatic heterocycles. The van der Waals surface area contributed by atoms with Gasteiger partial charge in [0.05, 0.1) is 20.8 Å². The molecule has 0 saturated carbocycles. The predicted octanol–water partition coefficient (Wildman–Crippen LogP) is 1.82. The largest absolute Gasteiger partial charge is 0.493 e. The van der Waals surface area contributed by atoms with Crippen molar-refractivity contribution in [2.45, 2.75) is 6.61 Å². The molecule has 0 bridgehead atoms. The van der Waals surface area contributed by atoms with Crippen molar-refractivity contribution in [1.29, 1.82) is 0 Å². The number of rotatable bonds is 5. The van der Waals surface area contributed by atoms with Gasteiger partial charge in [0.2, 0.25) is 0 Å². The van der Waals surface area contributed by atoms with Gasteiger partial charge in [-0.15, -0.1) is 0 Å². The number of hydrogen-bond acceptors (Lipinski definition) is 5. The SMILES string of the molecule is COc1ccc(C(=O)/C=C/c2ccc3c(c2)B(O)OC3)cc1OC. The highest BCUT2D eigenvalue weighted by molar-refractivity contribution is 6.61. The second kappa shape index (κ2) is 6.90. The van der Waals surface area contributed by atoms with E-state index in [4.69, 9.17) is 14.1 Å². The van der Waals surface area contributed by atoms with Crippen LogP contribution >= 0.6 is 0 Å². The number of benzene rings is 2. The normalized spacial score (nSPS) is 13.2. The minimum absolute atomic E-state index is 0.145. The van der Waals surface area contributed by atoms with Gasteiger partial charge in [0.1, 0.15) is 0 Å². The molecule has 1 heterocycles. The van der Waals surface area contributed by atoms with E-state index in [1.54, 1.807) is 31.4 Å². The minimum atomic E-state index is -0.894. The molecule has 0 aliphatic carbocycles. The second-order valence-corrected chi connectivity index (χ2v) is 5.39. The number of hydrogen-bond donors (Lipinski definition) is 1. The van der Waals surface area contributed by atoms with Gasteiger partial charge in [0, 0.05) is 5.56 Å². The summed E-state index contributed by atoms with van der Waals surface area (Å²) < 4.78 is 15.5. The van der Waals surface area contributed by atoms with E-state index in [0.29, 0.717) is 23.7 Å². The van der Waals surface area contributed by atoms with E-state index in [0.717, 1.165) is 16.6 Å². The Morgan fingerprint density at radius 3 is 2.71 bits per heavy atom. The maximum Gasteiger partial charge on any atom is 0.491 e. The number of fused-ring (bicyclic) bond motifs is 1. The fourth-order valence-electron chi connectivity index (χ4n) is 2.59. The molecule has 0 fully saturated rings. The van der Waals surface area contributed by atoms with Crippen molar-refractivity contribution in [3.05, 3.63) is 59.2 Å². The van der Waals surface area contributed by atoms with E-state index >= 15 is 0 Å². The molecule has 5 nitrogen and oxygen atoms in total. The van der Waals surface area contributed by atoms with E-state index < -0.39 is 7.12 Å². The van der Waals surface area contributed by atoms with Gasteiger partial charge in [0.25, 0.3) is 0 Å². The predicted molar refractivity (Wildman–Crippen MR) is 91.7 cm³/mol. The van der Waals surface area contributed by atoms with Crippen LogP contribution in [0.15, 0.2) is 42.5 Å². The number of allylic oxidation sites excluding steroid dienone is 1. The molecule has 0 saturated heterocycles. The fraction of sp³-hybridized carbons (Fsp3) is 0.167. The first kappa shape index (κ1) is 16.3. The van der Waals surface area contributed by atoms with Crippen LogP contribution in [0.4, 0.5) is 0 Å². The fourth-order valence-corrected chi connectivity index (χ4v) is 2.59. The molecule has 2 aromatic carbocycles. The summed E-state index contributed by atoms with van der Waals surface area (Å²) in [6.07, 6.45) is 3.20. The van der Waals surface area contributed by atoms with Crippen LogP contribution in [0.1, 0.15) is 21.5 Å². The van der Waals surface area contributed by atoms with E-state index in [2.05, 4.69) is 0 Å². The maximum absolute atomic E-state index is 12.3. The van der Waals surface area contributed by atoms with E-state index in [1.807, 2.05) is 18.2 Å². The minimum Gasteiger partial charge on any atom is -0.493 e. The third-order valence-corrected chi connectivity index (χ3v) is 3.93. The van der Waals surface area contributed by atoms with Gasteiger partial charge in [-0.2, -0.15) is 0 Å². The lowest BCUT2D eigenvalue weighted by Crippen LogP contribution is -2.28. The number of ether oxygens (including phenoxy) is 2. The van der Waals surface area contributed by atoms with Gasteiger partial charge in [-0.3, -0.25) is 4.79 Å². The average molecular weight is 324 g/mol. The Balaban J connectivity index is 1.80. The zero-order valence-electron chi connectivity index (χ0n) is 13.5. The van der Waals surface area contributed by atoms with Crippen molar-refractivity contribution in [3.8, 4) is 11.5 Å². The van der Waals surface area contributed by atoms with E-state index in [9.17, 15) is 9.82 Å². The van der Waals surface area contributed by atoms with Crippen LogP contribution in [0.2, 0.25) is 0 Å². The molecule has 0 atom stereocenters. The first-order valence-electron chi connectivity index (χ1n) is 7.49. The van der Waals surface area contributed by atoms with Gasteiger partial charge in [-0.25, -0.2) is 0 Å². The Morgan fingerprint density at radius 2 is 1.96 bits per heavy atom. The number of ketones is 1. The molecule has 1 N–H and O–H groups in total. The van der Waals surface area contributed by atoms with Crippen LogP contribution in [0, 0.1) is 0 Å². The van der Waals surface area contributed by atoms with Crippen molar-refractivity contribution in [2.24, 2.45) is 0 Å². The van der Waals surface area contributed by atoms with Gasteiger partial charge in [0.15, 0.2) is 17.3 Å². The van der Waals surface area contributed by atoms with Crippen LogP contribution in [0.3, 0.4) is 0 Å². The number of carbonyl (C=O) groups excluding carboxylic acids is 1. The molecule has 122 valence electrons. The summed E-state index contributed by atoms with van der Waals surface area (Å²) in [4.78, 5) is 12.3. The molecule has 0 amide bonds. The lowest BCUT2D eigenvalue weighted by molar-refractivity contribution is 0.104. The van der Waals surface area contributed by atoms with Gasteiger partial charge >= 0.3 is 7.12 Å². The lowest BCUT2D eigenvalue weighted by Gasteiger charge is -2.08. The van der Waals surface area contributed by atoms with Crippen molar-refractivity contribution < 1.29 is 23.9 Å². The van der Waals surface area contributed by atoms with Crippen LogP contribution < -0.4 is 14.9 Å². The molecule has 0 unspecified atom stereocenters. The number of carbonyl (C=O) groups is 1. The first-order valence-corrected chi connectivity index (χ1v) is 7.49. The molecule has 2 aromatic rings. The van der Waals surface area contributed by atoms with Crippen LogP contribution in [-0.4, -0.2) is 32.1 Å². The van der Waals surface area contributed by atoms with Crippen molar-refractivity contribution in [3.63, 3.8) is 0 Å². The highest BCUT2D eigenvalue weighted by Crippen LogP contribution is 2.27. The third-order valence-electron chi connectivity index (χ3n) is 3.93. The summed E-state index contributed by atoms with van der Waals surface area (Å²) in [5, 5.41) is 9.73.